The number of allylic oxidation sites excluding steroid dienone is 2. The van der Waals surface area contributed by atoms with Crippen LogP contribution in [-0.4, -0.2) is 117 Å². The Labute approximate surface area is 198 Å². The van der Waals surface area contributed by atoms with Crippen LogP contribution in [0.4, 0.5) is 4.79 Å². The first-order valence-corrected chi connectivity index (χ1v) is 11.9. The molecule has 1 aliphatic carbocycles. The number of rotatable bonds is 8. The normalized spacial score (nSPS) is 33.3. The molecule has 5 rings (SSSR count). The van der Waals surface area contributed by atoms with Crippen molar-refractivity contribution in [2.75, 3.05) is 66.6 Å². The van der Waals surface area contributed by atoms with E-state index in [0.717, 1.165) is 39.1 Å². The van der Waals surface area contributed by atoms with Crippen LogP contribution in [0.5, 0.6) is 0 Å². The molecule has 1 amide bonds. The van der Waals surface area contributed by atoms with E-state index in [9.17, 15) is 14.4 Å². The van der Waals surface area contributed by atoms with Crippen LogP contribution >= 0.6 is 0 Å². The molecule has 3 unspecified atom stereocenters. The van der Waals surface area contributed by atoms with Crippen LogP contribution in [0, 0.1) is 5.92 Å². The van der Waals surface area contributed by atoms with E-state index in [2.05, 4.69) is 22.2 Å². The van der Waals surface area contributed by atoms with Crippen LogP contribution in [0.3, 0.4) is 0 Å². The zero-order valence-corrected chi connectivity index (χ0v) is 20.0. The number of ether oxygens (including phenoxy) is 3. The molecule has 3 fully saturated rings. The smallest absolute Gasteiger partial charge is 0.404 e. The van der Waals surface area contributed by atoms with Crippen molar-refractivity contribution >= 4 is 17.7 Å². The summed E-state index contributed by atoms with van der Waals surface area (Å²) < 4.78 is 17.0. The zero-order valence-electron chi connectivity index (χ0n) is 20.0. The molecule has 0 aromatic carbocycles. The number of primary amides is 1. The molecule has 3 N–H and O–H groups in total. The van der Waals surface area contributed by atoms with E-state index in [4.69, 9.17) is 19.9 Å². The number of hydrogen-bond acceptors (Lipinski definition) is 10. The molecular weight excluding hydrogens is 442 g/mol. The molecule has 0 saturated carbocycles. The van der Waals surface area contributed by atoms with Crippen LogP contribution < -0.4 is 11.1 Å². The van der Waals surface area contributed by atoms with Gasteiger partial charge in [-0.15, -0.1) is 0 Å². The van der Waals surface area contributed by atoms with Gasteiger partial charge in [0.25, 0.3) is 0 Å². The molecule has 4 atom stereocenters. The second-order valence-corrected chi connectivity index (χ2v) is 9.72. The Hall–Kier alpha value is -2.47. The Morgan fingerprint density at radius 1 is 1.21 bits per heavy atom. The summed E-state index contributed by atoms with van der Waals surface area (Å²) in [6, 6.07) is 0.0860. The van der Waals surface area contributed by atoms with Gasteiger partial charge >= 0.3 is 6.09 Å². The van der Waals surface area contributed by atoms with Gasteiger partial charge in [0.2, 0.25) is 11.6 Å². The van der Waals surface area contributed by atoms with E-state index >= 15 is 0 Å². The number of nitrogens with zero attached hydrogens (tertiary/aromatic N) is 3. The topological polar surface area (TPSA) is 137 Å². The molecule has 3 saturated heterocycles. The van der Waals surface area contributed by atoms with Gasteiger partial charge in [-0.25, -0.2) is 4.79 Å². The van der Waals surface area contributed by atoms with Crippen LogP contribution in [0.15, 0.2) is 22.6 Å². The Kier molecular flexibility index (Phi) is 5.91. The lowest BCUT2D eigenvalue weighted by atomic mass is 9.83. The molecule has 0 spiro atoms. The van der Waals surface area contributed by atoms with Crippen LogP contribution in [0.25, 0.3) is 0 Å². The van der Waals surface area contributed by atoms with Crippen LogP contribution in [0.1, 0.15) is 13.3 Å². The minimum absolute atomic E-state index is 0.0709. The SMILES string of the molecule is CO[C@@]12C(COC(N)=O)C3=C(C(=O)C(C)=C(OCCCN4CCN(C)CC4)C3=O)N1CC1NC12. The van der Waals surface area contributed by atoms with E-state index < -0.39 is 17.7 Å². The van der Waals surface area contributed by atoms with E-state index in [-0.39, 0.29) is 36.0 Å². The number of carbonyl (C=O) groups excluding carboxylic acids is 3. The Balaban J connectivity index is 1.33. The first kappa shape index (κ1) is 23.3. The fraction of sp³-hybridized carbons (Fsp3) is 0.696. The van der Waals surface area contributed by atoms with Crippen molar-refractivity contribution in [2.24, 2.45) is 11.7 Å². The third-order valence-electron chi connectivity index (χ3n) is 7.83. The summed E-state index contributed by atoms with van der Waals surface area (Å²) in [4.78, 5) is 45.1. The van der Waals surface area contributed by atoms with Gasteiger partial charge in [-0.05, 0) is 20.4 Å². The monoisotopic (exact) mass is 475 g/mol. The number of ketones is 2. The highest BCUT2D eigenvalue weighted by Gasteiger charge is 2.72. The molecule has 4 heterocycles. The molecule has 0 aromatic rings. The molecule has 11 heteroatoms. The van der Waals surface area contributed by atoms with Gasteiger partial charge in [-0.3, -0.25) is 9.59 Å². The number of Topliss-reactive ketones (excluding diaryl/α,β-unsaturated/α-hetero) is 2. The summed E-state index contributed by atoms with van der Waals surface area (Å²) in [5, 5.41) is 3.35. The largest absolute Gasteiger partial charge is 0.489 e. The van der Waals surface area contributed by atoms with E-state index in [0.29, 0.717) is 30.0 Å². The summed E-state index contributed by atoms with van der Waals surface area (Å²) in [5.41, 5.74) is 5.18. The summed E-state index contributed by atoms with van der Waals surface area (Å²) in [6.07, 6.45) is -0.184. The second-order valence-electron chi connectivity index (χ2n) is 9.72. The molecule has 0 aromatic heterocycles. The molecule has 0 radical (unpaired) electrons. The lowest BCUT2D eigenvalue weighted by Crippen LogP contribution is -2.55. The van der Waals surface area contributed by atoms with Crippen molar-refractivity contribution < 1.29 is 28.6 Å². The van der Waals surface area contributed by atoms with E-state index in [1.807, 2.05) is 4.90 Å². The molecule has 5 aliphatic rings. The maximum Gasteiger partial charge on any atom is 0.404 e. The number of carbonyl (C=O) groups is 3. The summed E-state index contributed by atoms with van der Waals surface area (Å²) in [5.74, 6) is -1.15. The lowest BCUT2D eigenvalue weighted by Gasteiger charge is -2.39. The van der Waals surface area contributed by atoms with Crippen molar-refractivity contribution in [1.82, 2.24) is 20.0 Å². The molecule has 11 nitrogen and oxygen atoms in total. The highest BCUT2D eigenvalue weighted by Crippen LogP contribution is 2.55. The number of nitrogens with one attached hydrogen (secondary N) is 1. The van der Waals surface area contributed by atoms with Crippen molar-refractivity contribution in [2.45, 2.75) is 31.2 Å². The van der Waals surface area contributed by atoms with Gasteiger partial charge in [-0.1, -0.05) is 0 Å². The fourth-order valence-corrected chi connectivity index (χ4v) is 5.98. The first-order valence-electron chi connectivity index (χ1n) is 11.9. The fourth-order valence-electron chi connectivity index (χ4n) is 5.98. The quantitative estimate of drug-likeness (QED) is 0.257. The summed E-state index contributed by atoms with van der Waals surface area (Å²) in [6.45, 7) is 7.34. The van der Waals surface area contributed by atoms with Crippen molar-refractivity contribution in [3.05, 3.63) is 22.6 Å². The maximum absolute atomic E-state index is 13.7. The number of piperazine rings is 2. The van der Waals surface area contributed by atoms with E-state index in [1.54, 1.807) is 14.0 Å². The molecule has 4 aliphatic heterocycles. The average Bonchev–Trinajstić information content (AvgIpc) is 3.42. The number of amides is 1. The zero-order chi connectivity index (χ0) is 24.2. The lowest BCUT2D eigenvalue weighted by molar-refractivity contribution is -0.137. The molecular formula is C23H33N5O6. The Bertz CT molecular complexity index is 971. The third kappa shape index (κ3) is 3.53. The number of fused-ring (bicyclic) bond motifs is 4. The van der Waals surface area contributed by atoms with Gasteiger partial charge in [0.1, 0.15) is 6.61 Å². The van der Waals surface area contributed by atoms with Crippen molar-refractivity contribution in [3.8, 4) is 0 Å². The summed E-state index contributed by atoms with van der Waals surface area (Å²) >= 11 is 0. The predicted octanol–water partition coefficient (Wildman–Crippen LogP) is -0.956. The summed E-state index contributed by atoms with van der Waals surface area (Å²) in [7, 11) is 3.67. The Morgan fingerprint density at radius 2 is 1.94 bits per heavy atom. The van der Waals surface area contributed by atoms with Crippen molar-refractivity contribution in [3.63, 3.8) is 0 Å². The Morgan fingerprint density at radius 3 is 2.62 bits per heavy atom. The number of nitrogens with two attached hydrogens (primary N) is 1. The van der Waals surface area contributed by atoms with Crippen LogP contribution in [-0.2, 0) is 23.8 Å². The molecule has 186 valence electrons. The maximum atomic E-state index is 13.7. The second kappa shape index (κ2) is 8.63. The van der Waals surface area contributed by atoms with Gasteiger partial charge in [0, 0.05) is 63.6 Å². The van der Waals surface area contributed by atoms with E-state index in [1.165, 1.54) is 0 Å². The minimum Gasteiger partial charge on any atom is -0.489 e. The molecule has 34 heavy (non-hydrogen) atoms. The highest BCUT2D eigenvalue weighted by atomic mass is 16.6. The van der Waals surface area contributed by atoms with Gasteiger partial charge < -0.3 is 40.0 Å². The third-order valence-corrected chi connectivity index (χ3v) is 7.83. The number of hydrogen-bond donors (Lipinski definition) is 2. The molecule has 0 bridgehead atoms. The number of methoxy groups -OCH3 is 1. The number of likely N-dealkylation sites (N-methyl/N-ethyl adjacent to an activating group) is 1. The van der Waals surface area contributed by atoms with Gasteiger partial charge in [0.15, 0.2) is 11.5 Å². The average molecular weight is 476 g/mol. The highest BCUT2D eigenvalue weighted by molar-refractivity contribution is 6.25. The first-order chi connectivity index (χ1) is 16.3. The predicted molar refractivity (Wildman–Crippen MR) is 120 cm³/mol. The van der Waals surface area contributed by atoms with Gasteiger partial charge in [-0.2, -0.15) is 0 Å². The minimum atomic E-state index is -0.979. The van der Waals surface area contributed by atoms with Crippen LogP contribution in [0.2, 0.25) is 0 Å². The van der Waals surface area contributed by atoms with Gasteiger partial charge in [0.05, 0.1) is 24.3 Å². The standard InChI is InChI=1S/C23H33N5O6/c1-13-18(29)17-16(19(30)20(13)33-10-4-5-27-8-6-26(2)7-9-27)14(12-34-22(24)31)23(32-3)21-15(25-21)11-28(17)23/h14-15,21,25H,4-12H2,1-3H3,(H2,24,31)/t14?,15?,21?,23-/m1/s1. The van der Waals surface area contributed by atoms with Crippen molar-refractivity contribution in [1.29, 1.82) is 0 Å².